The van der Waals surface area contributed by atoms with E-state index >= 15 is 0 Å². The Balaban J connectivity index is 1.33. The van der Waals surface area contributed by atoms with Crippen LogP contribution in [0.4, 0.5) is 6.01 Å². The molecule has 8 heteroatoms. The van der Waals surface area contributed by atoms with Gasteiger partial charge in [0.25, 0.3) is 0 Å². The van der Waals surface area contributed by atoms with Gasteiger partial charge in [-0.1, -0.05) is 64.9 Å². The number of amides is 1. The number of benzene rings is 2. The van der Waals surface area contributed by atoms with Crippen LogP contribution in [0.25, 0.3) is 22.7 Å². The largest absolute Gasteiger partial charge is 0.403 e. The molecule has 0 aliphatic heterocycles. The molecule has 0 bridgehead atoms. The van der Waals surface area contributed by atoms with Gasteiger partial charge in [0.05, 0.1) is 11.4 Å². The highest BCUT2D eigenvalue weighted by atomic mass is 32.2. The van der Waals surface area contributed by atoms with E-state index < -0.39 is 0 Å². The number of hydrogen-bond donors (Lipinski definition) is 1. The summed E-state index contributed by atoms with van der Waals surface area (Å²) in [7, 11) is 0. The predicted octanol–water partition coefficient (Wildman–Crippen LogP) is 4.90. The van der Waals surface area contributed by atoms with E-state index in [-0.39, 0.29) is 17.7 Å². The Morgan fingerprint density at radius 2 is 1.86 bits per heavy atom. The zero-order valence-corrected chi connectivity index (χ0v) is 16.6. The molecule has 28 heavy (non-hydrogen) atoms. The number of thioether (sulfide) groups is 1. The van der Waals surface area contributed by atoms with Crippen LogP contribution in [0.15, 0.2) is 68.7 Å². The van der Waals surface area contributed by atoms with Gasteiger partial charge in [-0.05, 0) is 19.1 Å². The van der Waals surface area contributed by atoms with E-state index in [1.165, 1.54) is 28.7 Å². The van der Waals surface area contributed by atoms with Crippen molar-refractivity contribution in [2.75, 3.05) is 11.1 Å². The minimum atomic E-state index is -0.222. The van der Waals surface area contributed by atoms with Crippen molar-refractivity contribution in [2.24, 2.45) is 0 Å². The molecule has 0 atom stereocenters. The lowest BCUT2D eigenvalue weighted by Crippen LogP contribution is -2.14. The Labute approximate surface area is 170 Å². The van der Waals surface area contributed by atoms with E-state index in [0.29, 0.717) is 5.89 Å². The number of hydrogen-bond acceptors (Lipinski definition) is 7. The first-order valence-electron chi connectivity index (χ1n) is 8.51. The number of rotatable bonds is 6. The molecule has 0 radical (unpaired) electrons. The molecule has 1 N–H and O–H groups in total. The number of nitrogens with zero attached hydrogens (tertiary/aromatic N) is 3. The molecule has 0 fully saturated rings. The Morgan fingerprint density at radius 1 is 1.07 bits per heavy atom. The van der Waals surface area contributed by atoms with Crippen molar-refractivity contribution < 1.29 is 9.21 Å². The molecule has 0 aliphatic rings. The molecule has 2 heterocycles. The summed E-state index contributed by atoms with van der Waals surface area (Å²) >= 11 is 2.89. The Bertz CT molecular complexity index is 1080. The second kappa shape index (κ2) is 8.37. The van der Waals surface area contributed by atoms with Crippen molar-refractivity contribution in [1.82, 2.24) is 15.2 Å². The first kappa shape index (κ1) is 18.4. The third kappa shape index (κ3) is 4.47. The Morgan fingerprint density at radius 3 is 2.64 bits per heavy atom. The lowest BCUT2D eigenvalue weighted by molar-refractivity contribution is -0.113. The molecule has 2 aromatic heterocycles. The standard InChI is InChI=1S/C20H16N4O2S2/c1-13-7-9-14(10-8-13)16-11-27-20(21-16)28-12-17(25)22-19-24-23-18(26-19)15-5-3-2-4-6-15/h2-11H,12H2,1H3,(H,22,24,25). The van der Waals surface area contributed by atoms with Gasteiger partial charge in [-0.25, -0.2) is 4.98 Å². The molecule has 6 nitrogen and oxygen atoms in total. The molecule has 0 unspecified atom stereocenters. The molecule has 4 aromatic rings. The summed E-state index contributed by atoms with van der Waals surface area (Å²) in [6, 6.07) is 17.7. The fourth-order valence-corrected chi connectivity index (χ4v) is 4.07. The van der Waals surface area contributed by atoms with E-state index in [2.05, 4.69) is 39.6 Å². The third-order valence-electron chi connectivity index (χ3n) is 3.85. The van der Waals surface area contributed by atoms with Gasteiger partial charge < -0.3 is 4.42 Å². The van der Waals surface area contributed by atoms with Crippen molar-refractivity contribution in [3.8, 4) is 22.7 Å². The van der Waals surface area contributed by atoms with E-state index in [1.54, 1.807) is 0 Å². The van der Waals surface area contributed by atoms with Crippen LogP contribution in [0.1, 0.15) is 5.56 Å². The van der Waals surface area contributed by atoms with Crippen LogP contribution >= 0.6 is 23.1 Å². The molecule has 0 saturated carbocycles. The van der Waals surface area contributed by atoms with E-state index in [0.717, 1.165) is 21.2 Å². The van der Waals surface area contributed by atoms with Crippen LogP contribution in [-0.2, 0) is 4.79 Å². The second-order valence-electron chi connectivity index (χ2n) is 5.98. The maximum Gasteiger partial charge on any atom is 0.322 e. The van der Waals surface area contributed by atoms with Gasteiger partial charge >= 0.3 is 6.01 Å². The van der Waals surface area contributed by atoms with Crippen molar-refractivity contribution >= 4 is 35.0 Å². The molecular weight excluding hydrogens is 392 g/mol. The number of carbonyl (C=O) groups is 1. The molecule has 1 amide bonds. The van der Waals surface area contributed by atoms with Crippen LogP contribution in [-0.4, -0.2) is 26.8 Å². The third-order valence-corrected chi connectivity index (χ3v) is 5.87. The molecule has 140 valence electrons. The lowest BCUT2D eigenvalue weighted by atomic mass is 10.1. The topological polar surface area (TPSA) is 80.9 Å². The van der Waals surface area contributed by atoms with Gasteiger partial charge in [0.15, 0.2) is 4.34 Å². The van der Waals surface area contributed by atoms with Gasteiger partial charge in [-0.3, -0.25) is 10.1 Å². The quantitative estimate of drug-likeness (QED) is 0.457. The number of aryl methyl sites for hydroxylation is 1. The number of carbonyl (C=O) groups excluding carboxylic acids is 1. The average Bonchev–Trinajstić information content (AvgIpc) is 3.37. The Kier molecular flexibility index (Phi) is 5.50. The van der Waals surface area contributed by atoms with Crippen molar-refractivity contribution in [3.05, 3.63) is 65.5 Å². The fourth-order valence-electron chi connectivity index (χ4n) is 2.43. The number of anilines is 1. The minimum Gasteiger partial charge on any atom is -0.403 e. The van der Waals surface area contributed by atoms with Crippen LogP contribution in [0, 0.1) is 6.92 Å². The van der Waals surface area contributed by atoms with Crippen molar-refractivity contribution in [2.45, 2.75) is 11.3 Å². The number of aromatic nitrogens is 3. The normalized spacial score (nSPS) is 10.8. The highest BCUT2D eigenvalue weighted by Crippen LogP contribution is 2.28. The summed E-state index contributed by atoms with van der Waals surface area (Å²) < 4.78 is 6.32. The highest BCUT2D eigenvalue weighted by molar-refractivity contribution is 8.01. The molecule has 2 aromatic carbocycles. The van der Waals surface area contributed by atoms with Crippen molar-refractivity contribution in [1.29, 1.82) is 0 Å². The number of nitrogens with one attached hydrogen (secondary N) is 1. The maximum atomic E-state index is 12.2. The van der Waals surface area contributed by atoms with Crippen LogP contribution < -0.4 is 5.32 Å². The summed E-state index contributed by atoms with van der Waals surface area (Å²) in [6.45, 7) is 2.05. The van der Waals surface area contributed by atoms with Gasteiger partial charge in [-0.2, -0.15) is 0 Å². The zero-order chi connectivity index (χ0) is 19.3. The monoisotopic (exact) mass is 408 g/mol. The summed E-state index contributed by atoms with van der Waals surface area (Å²) in [4.78, 5) is 16.7. The fraction of sp³-hybridized carbons (Fsp3) is 0.100. The van der Waals surface area contributed by atoms with Gasteiger partial charge in [0.2, 0.25) is 11.8 Å². The van der Waals surface area contributed by atoms with Crippen LogP contribution in [0.5, 0.6) is 0 Å². The number of thiazole rings is 1. The summed E-state index contributed by atoms with van der Waals surface area (Å²) in [5.41, 5.74) is 3.99. The van der Waals surface area contributed by atoms with Gasteiger partial charge in [0.1, 0.15) is 0 Å². The summed E-state index contributed by atoms with van der Waals surface area (Å²) in [6.07, 6.45) is 0. The van der Waals surface area contributed by atoms with E-state index in [9.17, 15) is 4.79 Å². The molecule has 0 saturated heterocycles. The molecule has 0 spiro atoms. The maximum absolute atomic E-state index is 12.2. The first-order valence-corrected chi connectivity index (χ1v) is 10.4. The zero-order valence-electron chi connectivity index (χ0n) is 15.0. The van der Waals surface area contributed by atoms with E-state index in [4.69, 9.17) is 4.42 Å². The predicted molar refractivity (Wildman–Crippen MR) is 111 cm³/mol. The molecule has 4 rings (SSSR count). The molecule has 0 aliphatic carbocycles. The molecular formula is C20H16N4O2S2. The SMILES string of the molecule is Cc1ccc(-c2csc(SCC(=O)Nc3nnc(-c4ccccc4)o3)n2)cc1. The first-order chi connectivity index (χ1) is 13.7. The van der Waals surface area contributed by atoms with Crippen LogP contribution in [0.2, 0.25) is 0 Å². The van der Waals surface area contributed by atoms with Gasteiger partial charge in [-0.15, -0.1) is 16.4 Å². The highest BCUT2D eigenvalue weighted by Gasteiger charge is 2.13. The second-order valence-corrected chi connectivity index (χ2v) is 8.06. The summed E-state index contributed by atoms with van der Waals surface area (Å²) in [5, 5.41) is 12.4. The minimum absolute atomic E-state index is 0.0870. The average molecular weight is 409 g/mol. The smallest absolute Gasteiger partial charge is 0.322 e. The summed E-state index contributed by atoms with van der Waals surface area (Å²) in [5.74, 6) is 0.357. The van der Waals surface area contributed by atoms with E-state index in [1.807, 2.05) is 47.8 Å². The van der Waals surface area contributed by atoms with Crippen LogP contribution in [0.3, 0.4) is 0 Å². The Hall–Kier alpha value is -2.97. The van der Waals surface area contributed by atoms with Gasteiger partial charge in [0, 0.05) is 16.5 Å². The lowest BCUT2D eigenvalue weighted by Gasteiger charge is -1.99. The van der Waals surface area contributed by atoms with Crippen molar-refractivity contribution in [3.63, 3.8) is 0 Å².